The summed E-state index contributed by atoms with van der Waals surface area (Å²) in [6, 6.07) is 16.3. The topological polar surface area (TPSA) is 108 Å². The zero-order chi connectivity index (χ0) is 28.5. The third-order valence-corrected chi connectivity index (χ3v) is 6.49. The van der Waals surface area contributed by atoms with E-state index in [-0.39, 0.29) is 24.5 Å². The Kier molecular flexibility index (Phi) is 9.69. The molecule has 2 aliphatic heterocycles. The molecule has 2 fully saturated rings. The lowest BCUT2D eigenvalue weighted by molar-refractivity contribution is -0.150. The van der Waals surface area contributed by atoms with Gasteiger partial charge in [0.2, 0.25) is 0 Å². The van der Waals surface area contributed by atoms with E-state index >= 15 is 0 Å². The number of nitriles is 1. The van der Waals surface area contributed by atoms with Gasteiger partial charge in [-0.05, 0) is 48.8 Å². The van der Waals surface area contributed by atoms with Crippen LogP contribution in [-0.4, -0.2) is 56.2 Å². The number of benzene rings is 2. The zero-order valence-corrected chi connectivity index (χ0v) is 22.4. The molecule has 4 atom stereocenters. The molecule has 0 bridgehead atoms. The van der Waals surface area contributed by atoms with Crippen LogP contribution in [0.5, 0.6) is 5.75 Å². The minimum atomic E-state index is -0.805. The Morgan fingerprint density at radius 2 is 1.55 bits per heavy atom. The molecule has 0 spiro atoms. The van der Waals surface area contributed by atoms with Crippen molar-refractivity contribution in [3.63, 3.8) is 0 Å². The second-order valence-corrected chi connectivity index (χ2v) is 9.48. The molecule has 0 aliphatic carbocycles. The molecule has 0 amide bonds. The third-order valence-electron chi connectivity index (χ3n) is 6.49. The van der Waals surface area contributed by atoms with Gasteiger partial charge in [0.25, 0.3) is 5.70 Å². The van der Waals surface area contributed by atoms with E-state index < -0.39 is 36.4 Å². The van der Waals surface area contributed by atoms with E-state index in [1.807, 2.05) is 37.3 Å². The van der Waals surface area contributed by atoms with Crippen molar-refractivity contribution in [2.75, 3.05) is 19.8 Å². The smallest absolute Gasteiger partial charge is 0.349 e. The van der Waals surface area contributed by atoms with E-state index in [9.17, 15) is 14.9 Å². The summed E-state index contributed by atoms with van der Waals surface area (Å²) >= 11 is 0. The number of fused-ring (bicyclic) bond motifs is 1. The van der Waals surface area contributed by atoms with E-state index in [1.165, 1.54) is 12.2 Å². The summed E-state index contributed by atoms with van der Waals surface area (Å²) in [6.07, 6.45) is 2.01. The summed E-state index contributed by atoms with van der Waals surface area (Å²) in [5.41, 5.74) is 2.07. The molecule has 40 heavy (non-hydrogen) atoms. The Labute approximate surface area is 233 Å². The van der Waals surface area contributed by atoms with Gasteiger partial charge in [-0.2, -0.15) is 5.26 Å². The van der Waals surface area contributed by atoms with Gasteiger partial charge in [-0.25, -0.2) is 9.64 Å². The molecule has 0 radical (unpaired) electrons. The van der Waals surface area contributed by atoms with Crippen LogP contribution in [0.25, 0.3) is 17.0 Å². The standard InChI is InChI=1S/C31H30N2O7/c1-4-5-14-36-24-12-10-21(11-13-24)15-23(17-32)30(34)39-26-18-37-29-27(19-38-28(26)29)40-31(35)25(33-3)16-22-8-6-20(2)7-9-22/h6-13,15-16,26-29H,4-5,14,18-19H2,1-2H3/b23-15+,25-16-/t26-,27+,28-,29-/m1/s1. The number of rotatable bonds is 10. The van der Waals surface area contributed by atoms with Gasteiger partial charge in [-0.3, -0.25) is 4.79 Å². The number of ether oxygens (including phenoxy) is 5. The lowest BCUT2D eigenvalue weighted by atomic mass is 10.1. The van der Waals surface area contributed by atoms with E-state index in [1.54, 1.807) is 24.3 Å². The summed E-state index contributed by atoms with van der Waals surface area (Å²) < 4.78 is 28.2. The molecule has 2 saturated heterocycles. The number of carbonyl (C=O) groups excluding carboxylic acids is 2. The maximum atomic E-state index is 12.8. The summed E-state index contributed by atoms with van der Waals surface area (Å²) in [4.78, 5) is 28.8. The summed E-state index contributed by atoms with van der Waals surface area (Å²) in [6.45, 7) is 12.1. The maximum Gasteiger partial charge on any atom is 0.349 e. The summed E-state index contributed by atoms with van der Waals surface area (Å²) in [5, 5.41) is 9.56. The normalized spacial score (nSPS) is 22.1. The molecule has 9 nitrogen and oxygen atoms in total. The molecule has 9 heteroatoms. The molecule has 2 aromatic rings. The van der Waals surface area contributed by atoms with Crippen LogP contribution in [0.1, 0.15) is 36.5 Å². The Hall–Kier alpha value is -4.44. The van der Waals surface area contributed by atoms with Gasteiger partial charge in [0, 0.05) is 0 Å². The quantitative estimate of drug-likeness (QED) is 0.140. The van der Waals surface area contributed by atoms with Gasteiger partial charge in [-0.1, -0.05) is 55.3 Å². The highest BCUT2D eigenvalue weighted by Gasteiger charge is 2.51. The lowest BCUT2D eigenvalue weighted by Crippen LogP contribution is -2.36. The fourth-order valence-corrected chi connectivity index (χ4v) is 4.29. The molecule has 0 N–H and O–H groups in total. The highest BCUT2D eigenvalue weighted by atomic mass is 16.7. The van der Waals surface area contributed by atoms with Crippen molar-refractivity contribution in [1.82, 2.24) is 0 Å². The van der Waals surface area contributed by atoms with Crippen molar-refractivity contribution in [3.8, 4) is 11.8 Å². The second kappa shape index (κ2) is 13.6. The molecule has 0 saturated carbocycles. The fourth-order valence-electron chi connectivity index (χ4n) is 4.29. The average molecular weight is 543 g/mol. The molecular formula is C31H30N2O7. The van der Waals surface area contributed by atoms with Crippen LogP contribution in [0.2, 0.25) is 0 Å². The van der Waals surface area contributed by atoms with Crippen molar-refractivity contribution in [2.45, 2.75) is 51.1 Å². The Balaban J connectivity index is 1.34. The van der Waals surface area contributed by atoms with Crippen LogP contribution < -0.4 is 4.74 Å². The molecule has 2 aliphatic rings. The molecule has 4 rings (SSSR count). The number of esters is 2. The van der Waals surface area contributed by atoms with Crippen LogP contribution in [-0.2, 0) is 28.5 Å². The first-order valence-electron chi connectivity index (χ1n) is 13.1. The first-order valence-corrected chi connectivity index (χ1v) is 13.1. The van der Waals surface area contributed by atoms with Gasteiger partial charge in [0.15, 0.2) is 12.2 Å². The summed E-state index contributed by atoms with van der Waals surface area (Å²) in [7, 11) is 0. The van der Waals surface area contributed by atoms with Crippen LogP contribution in [0, 0.1) is 24.8 Å². The number of aryl methyl sites for hydroxylation is 1. The van der Waals surface area contributed by atoms with E-state index in [2.05, 4.69) is 11.8 Å². The van der Waals surface area contributed by atoms with Crippen molar-refractivity contribution >= 4 is 24.1 Å². The molecule has 2 heterocycles. The Morgan fingerprint density at radius 3 is 2.12 bits per heavy atom. The van der Waals surface area contributed by atoms with Crippen LogP contribution >= 0.6 is 0 Å². The number of carbonyl (C=O) groups is 2. The molecular weight excluding hydrogens is 512 g/mol. The van der Waals surface area contributed by atoms with E-state index in [0.717, 1.165) is 18.4 Å². The van der Waals surface area contributed by atoms with Gasteiger partial charge < -0.3 is 23.7 Å². The predicted molar refractivity (Wildman–Crippen MR) is 145 cm³/mol. The predicted octanol–water partition coefficient (Wildman–Crippen LogP) is 4.66. The fraction of sp³-hybridized carbons (Fsp3) is 0.355. The SMILES string of the molecule is [C-]#[N+]/C(=C\c1ccc(C)cc1)C(=O)O[C@H]1CO[C@H]2[C@@H]1OC[C@H]2OC(=O)/C(C#N)=C/c1ccc(OCCCC)cc1. The zero-order valence-electron chi connectivity index (χ0n) is 22.4. The van der Waals surface area contributed by atoms with E-state index in [4.69, 9.17) is 30.3 Å². The van der Waals surface area contributed by atoms with Crippen LogP contribution in [0.4, 0.5) is 0 Å². The van der Waals surface area contributed by atoms with Gasteiger partial charge >= 0.3 is 11.9 Å². The van der Waals surface area contributed by atoms with Gasteiger partial charge in [0.05, 0.1) is 26.4 Å². The second-order valence-electron chi connectivity index (χ2n) is 9.48. The Bertz CT molecular complexity index is 1350. The molecule has 2 aromatic carbocycles. The Morgan fingerprint density at radius 1 is 0.975 bits per heavy atom. The highest BCUT2D eigenvalue weighted by molar-refractivity contribution is 5.98. The van der Waals surface area contributed by atoms with Crippen molar-refractivity contribution in [3.05, 3.63) is 87.9 Å². The lowest BCUT2D eigenvalue weighted by Gasteiger charge is -2.17. The molecule has 0 unspecified atom stereocenters. The number of nitrogens with zero attached hydrogens (tertiary/aromatic N) is 2. The van der Waals surface area contributed by atoms with Gasteiger partial charge in [-0.15, -0.1) is 0 Å². The molecule has 0 aromatic heterocycles. The third kappa shape index (κ3) is 7.15. The maximum absolute atomic E-state index is 12.8. The number of unbranched alkanes of at least 4 members (excludes halogenated alkanes) is 1. The number of hydrogen-bond acceptors (Lipinski definition) is 8. The van der Waals surface area contributed by atoms with Crippen molar-refractivity contribution in [1.29, 1.82) is 5.26 Å². The van der Waals surface area contributed by atoms with Crippen LogP contribution in [0.3, 0.4) is 0 Å². The number of hydrogen-bond donors (Lipinski definition) is 0. The molecule has 206 valence electrons. The first kappa shape index (κ1) is 28.6. The van der Waals surface area contributed by atoms with Crippen LogP contribution in [0.15, 0.2) is 59.8 Å². The van der Waals surface area contributed by atoms with Crippen molar-refractivity contribution < 1.29 is 33.3 Å². The summed E-state index contributed by atoms with van der Waals surface area (Å²) in [5.74, 6) is -0.880. The van der Waals surface area contributed by atoms with Crippen molar-refractivity contribution in [2.24, 2.45) is 0 Å². The highest BCUT2D eigenvalue weighted by Crippen LogP contribution is 2.31. The van der Waals surface area contributed by atoms with E-state index in [0.29, 0.717) is 23.5 Å². The minimum Gasteiger partial charge on any atom is -0.494 e. The largest absolute Gasteiger partial charge is 0.494 e. The monoisotopic (exact) mass is 542 g/mol. The van der Waals surface area contributed by atoms with Gasteiger partial charge in [0.1, 0.15) is 29.6 Å². The minimum absolute atomic E-state index is 0.0203. The average Bonchev–Trinajstić information content (AvgIpc) is 3.55. The first-order chi connectivity index (χ1) is 19.4.